The zero-order chi connectivity index (χ0) is 13.8. The summed E-state index contributed by atoms with van der Waals surface area (Å²) in [4.78, 5) is 13.9. The first-order valence-corrected chi connectivity index (χ1v) is 6.23. The Hall–Kier alpha value is -2.29. The molecule has 0 heterocycles. The molecular weight excluding hydrogens is 236 g/mol. The quantitative estimate of drug-likeness (QED) is 0.856. The number of carbonyl (C=O) groups excluding carboxylic acids is 1. The van der Waals surface area contributed by atoms with Crippen LogP contribution in [0, 0.1) is 6.92 Å². The van der Waals surface area contributed by atoms with Crippen LogP contribution in [0.15, 0.2) is 48.5 Å². The van der Waals surface area contributed by atoms with Gasteiger partial charge in [0.1, 0.15) is 0 Å². The summed E-state index contributed by atoms with van der Waals surface area (Å²) in [7, 11) is 1.80. The van der Waals surface area contributed by atoms with Gasteiger partial charge in [-0.15, -0.1) is 0 Å². The molecule has 2 N–H and O–H groups in total. The Kier molecular flexibility index (Phi) is 3.85. The lowest BCUT2D eigenvalue weighted by Gasteiger charge is -2.17. The van der Waals surface area contributed by atoms with Gasteiger partial charge >= 0.3 is 0 Å². The fourth-order valence-corrected chi connectivity index (χ4v) is 1.89. The number of hydrogen-bond donors (Lipinski definition) is 1. The molecule has 0 saturated heterocycles. The van der Waals surface area contributed by atoms with E-state index < -0.39 is 0 Å². The molecule has 0 aliphatic heterocycles. The number of nitrogens with two attached hydrogens (primary N) is 1. The van der Waals surface area contributed by atoms with E-state index in [1.807, 2.05) is 19.1 Å². The summed E-state index contributed by atoms with van der Waals surface area (Å²) in [5, 5.41) is 0. The van der Waals surface area contributed by atoms with Crippen LogP contribution in [0.2, 0.25) is 0 Å². The molecule has 3 heteroatoms. The van der Waals surface area contributed by atoms with Crippen molar-refractivity contribution in [1.29, 1.82) is 0 Å². The van der Waals surface area contributed by atoms with Crippen molar-refractivity contribution < 1.29 is 4.79 Å². The van der Waals surface area contributed by atoms with Crippen LogP contribution >= 0.6 is 0 Å². The number of rotatable bonds is 3. The molecule has 19 heavy (non-hydrogen) atoms. The van der Waals surface area contributed by atoms with Crippen molar-refractivity contribution in [2.45, 2.75) is 13.5 Å². The Bertz CT molecular complexity index is 558. The molecule has 0 aliphatic rings. The van der Waals surface area contributed by atoms with Gasteiger partial charge in [-0.25, -0.2) is 0 Å². The molecule has 2 aromatic carbocycles. The van der Waals surface area contributed by atoms with E-state index in [9.17, 15) is 4.79 Å². The lowest BCUT2D eigenvalue weighted by atomic mass is 10.1. The molecule has 0 bridgehead atoms. The van der Waals surface area contributed by atoms with E-state index in [2.05, 4.69) is 12.1 Å². The van der Waals surface area contributed by atoms with Crippen molar-refractivity contribution in [2.75, 3.05) is 12.8 Å². The summed E-state index contributed by atoms with van der Waals surface area (Å²) in [6.07, 6.45) is 0. The molecular formula is C16H18N2O. The fraction of sp³-hybridized carbons (Fsp3) is 0.188. The Morgan fingerprint density at radius 1 is 1.05 bits per heavy atom. The molecule has 98 valence electrons. The van der Waals surface area contributed by atoms with Gasteiger partial charge in [-0.1, -0.05) is 29.8 Å². The largest absolute Gasteiger partial charge is 0.399 e. The molecule has 0 fully saturated rings. The number of anilines is 1. The maximum Gasteiger partial charge on any atom is 0.253 e. The Balaban J connectivity index is 2.07. The Labute approximate surface area is 113 Å². The Morgan fingerprint density at radius 3 is 2.21 bits per heavy atom. The smallest absolute Gasteiger partial charge is 0.253 e. The first kappa shape index (κ1) is 13.1. The molecule has 0 atom stereocenters. The summed E-state index contributed by atoms with van der Waals surface area (Å²) in [5.41, 5.74) is 9.28. The molecule has 2 aromatic rings. The SMILES string of the molecule is Cc1ccc(CN(C)C(=O)c2ccc(N)cc2)cc1. The molecule has 0 radical (unpaired) electrons. The van der Waals surface area contributed by atoms with E-state index in [1.165, 1.54) is 5.56 Å². The topological polar surface area (TPSA) is 46.3 Å². The van der Waals surface area contributed by atoms with E-state index in [-0.39, 0.29) is 5.91 Å². The predicted octanol–water partition coefficient (Wildman–Crippen LogP) is 2.85. The molecule has 0 saturated carbocycles. The van der Waals surface area contributed by atoms with Crippen molar-refractivity contribution >= 4 is 11.6 Å². The Morgan fingerprint density at radius 2 is 1.63 bits per heavy atom. The molecule has 0 spiro atoms. The monoisotopic (exact) mass is 254 g/mol. The highest BCUT2D eigenvalue weighted by Gasteiger charge is 2.11. The zero-order valence-electron chi connectivity index (χ0n) is 11.3. The minimum atomic E-state index is 0.000532. The predicted molar refractivity (Wildman–Crippen MR) is 77.8 cm³/mol. The third-order valence-electron chi connectivity index (χ3n) is 3.04. The normalized spacial score (nSPS) is 10.2. The van der Waals surface area contributed by atoms with Crippen LogP contribution in [0.1, 0.15) is 21.5 Å². The minimum absolute atomic E-state index is 0.000532. The maximum absolute atomic E-state index is 12.2. The average molecular weight is 254 g/mol. The first-order chi connectivity index (χ1) is 9.06. The highest BCUT2D eigenvalue weighted by Crippen LogP contribution is 2.11. The van der Waals surface area contributed by atoms with Crippen LogP contribution in [0.4, 0.5) is 5.69 Å². The van der Waals surface area contributed by atoms with E-state index in [0.29, 0.717) is 17.8 Å². The summed E-state index contributed by atoms with van der Waals surface area (Å²) < 4.78 is 0. The van der Waals surface area contributed by atoms with Crippen LogP contribution in [0.5, 0.6) is 0 Å². The van der Waals surface area contributed by atoms with Crippen molar-refractivity contribution in [3.05, 3.63) is 65.2 Å². The molecule has 2 rings (SSSR count). The highest BCUT2D eigenvalue weighted by molar-refractivity contribution is 5.94. The van der Waals surface area contributed by atoms with Gasteiger partial charge in [-0.05, 0) is 36.8 Å². The van der Waals surface area contributed by atoms with Gasteiger partial charge in [0.05, 0.1) is 0 Å². The van der Waals surface area contributed by atoms with Gasteiger partial charge in [-0.3, -0.25) is 4.79 Å². The lowest BCUT2D eigenvalue weighted by molar-refractivity contribution is 0.0785. The molecule has 0 unspecified atom stereocenters. The standard InChI is InChI=1S/C16H18N2O/c1-12-3-5-13(6-4-12)11-18(2)16(19)14-7-9-15(17)10-8-14/h3-10H,11,17H2,1-2H3. The molecule has 3 nitrogen and oxygen atoms in total. The van der Waals surface area contributed by atoms with Gasteiger partial charge in [0.15, 0.2) is 0 Å². The van der Waals surface area contributed by atoms with Gasteiger partial charge in [0.2, 0.25) is 0 Å². The number of nitrogen functional groups attached to an aromatic ring is 1. The number of amides is 1. The summed E-state index contributed by atoms with van der Waals surface area (Å²) in [6, 6.07) is 15.2. The van der Waals surface area contributed by atoms with Crippen LogP contribution < -0.4 is 5.73 Å². The van der Waals surface area contributed by atoms with Crippen LogP contribution in [-0.2, 0) is 6.54 Å². The number of carbonyl (C=O) groups is 1. The van der Waals surface area contributed by atoms with Crippen molar-refractivity contribution in [2.24, 2.45) is 0 Å². The number of hydrogen-bond acceptors (Lipinski definition) is 2. The van der Waals surface area contributed by atoms with Gasteiger partial charge < -0.3 is 10.6 Å². The van der Waals surface area contributed by atoms with Crippen LogP contribution in [-0.4, -0.2) is 17.9 Å². The minimum Gasteiger partial charge on any atom is -0.399 e. The average Bonchev–Trinajstić information content (AvgIpc) is 2.41. The van der Waals surface area contributed by atoms with Gasteiger partial charge in [-0.2, -0.15) is 0 Å². The van der Waals surface area contributed by atoms with E-state index in [1.54, 1.807) is 36.2 Å². The van der Waals surface area contributed by atoms with E-state index in [4.69, 9.17) is 5.73 Å². The van der Waals surface area contributed by atoms with Crippen LogP contribution in [0.25, 0.3) is 0 Å². The fourth-order valence-electron chi connectivity index (χ4n) is 1.89. The number of nitrogens with zero attached hydrogens (tertiary/aromatic N) is 1. The highest BCUT2D eigenvalue weighted by atomic mass is 16.2. The van der Waals surface area contributed by atoms with Crippen molar-refractivity contribution in [1.82, 2.24) is 4.90 Å². The number of benzene rings is 2. The third-order valence-corrected chi connectivity index (χ3v) is 3.04. The number of aryl methyl sites for hydroxylation is 1. The van der Waals surface area contributed by atoms with Gasteiger partial charge in [0, 0.05) is 24.8 Å². The summed E-state index contributed by atoms with van der Waals surface area (Å²) >= 11 is 0. The van der Waals surface area contributed by atoms with Crippen molar-refractivity contribution in [3.8, 4) is 0 Å². The van der Waals surface area contributed by atoms with Gasteiger partial charge in [0.25, 0.3) is 5.91 Å². The maximum atomic E-state index is 12.2. The van der Waals surface area contributed by atoms with E-state index in [0.717, 1.165) is 5.56 Å². The third kappa shape index (κ3) is 3.35. The van der Waals surface area contributed by atoms with Crippen molar-refractivity contribution in [3.63, 3.8) is 0 Å². The molecule has 1 amide bonds. The lowest BCUT2D eigenvalue weighted by Crippen LogP contribution is -2.26. The van der Waals surface area contributed by atoms with Crippen LogP contribution in [0.3, 0.4) is 0 Å². The summed E-state index contributed by atoms with van der Waals surface area (Å²) in [6.45, 7) is 2.65. The first-order valence-electron chi connectivity index (χ1n) is 6.23. The second-order valence-electron chi connectivity index (χ2n) is 4.77. The summed E-state index contributed by atoms with van der Waals surface area (Å²) in [5.74, 6) is 0.000532. The zero-order valence-corrected chi connectivity index (χ0v) is 11.3. The second-order valence-corrected chi connectivity index (χ2v) is 4.77. The molecule has 0 aromatic heterocycles. The second kappa shape index (κ2) is 5.57. The molecule has 0 aliphatic carbocycles. The van der Waals surface area contributed by atoms with E-state index >= 15 is 0 Å².